The van der Waals surface area contributed by atoms with E-state index in [1.54, 1.807) is 13.8 Å². The number of hydrogen-bond donors (Lipinski definition) is 2. The summed E-state index contributed by atoms with van der Waals surface area (Å²) in [4.78, 5) is 36.9. The lowest BCUT2D eigenvalue weighted by Gasteiger charge is -2.28. The number of carboxylic acids is 1. The Morgan fingerprint density at radius 1 is 1.05 bits per heavy atom. The molecule has 7 heteroatoms. The van der Waals surface area contributed by atoms with Gasteiger partial charge in [-0.05, 0) is 27.7 Å². The Balaban J connectivity index is 4.60. The average molecular weight is 273 g/mol. The third-order valence-electron chi connectivity index (χ3n) is 2.41. The first-order chi connectivity index (χ1) is 8.81. The Kier molecular flexibility index (Phi) is 7.55. The van der Waals surface area contributed by atoms with Gasteiger partial charge in [-0.25, -0.2) is 4.79 Å². The Morgan fingerprint density at radius 2 is 1.53 bits per heavy atom. The van der Waals surface area contributed by atoms with Crippen molar-refractivity contribution in [1.29, 1.82) is 0 Å². The molecule has 2 N–H and O–H groups in total. The Labute approximate surface area is 113 Å². The fourth-order valence-corrected chi connectivity index (χ4v) is 1.53. The van der Waals surface area contributed by atoms with Crippen molar-refractivity contribution >= 4 is 17.9 Å². The zero-order chi connectivity index (χ0) is 15.0. The molecule has 0 aliphatic rings. The van der Waals surface area contributed by atoms with E-state index in [1.807, 2.05) is 13.8 Å². The van der Waals surface area contributed by atoms with Crippen molar-refractivity contribution in [2.24, 2.45) is 0 Å². The number of urea groups is 1. The summed E-state index contributed by atoms with van der Waals surface area (Å²) in [5.74, 6) is -1.32. The van der Waals surface area contributed by atoms with Crippen LogP contribution in [0.4, 0.5) is 4.79 Å². The minimum absolute atomic E-state index is 0.00241. The Bertz CT molecular complexity index is 331. The van der Waals surface area contributed by atoms with Gasteiger partial charge in [-0.15, -0.1) is 0 Å². The van der Waals surface area contributed by atoms with E-state index in [4.69, 9.17) is 5.11 Å². The Hall–Kier alpha value is -1.79. The van der Waals surface area contributed by atoms with Crippen LogP contribution in [-0.2, 0) is 9.59 Å². The molecule has 0 saturated carbocycles. The molecule has 0 bridgehead atoms. The van der Waals surface area contributed by atoms with Crippen LogP contribution in [-0.4, -0.2) is 65.0 Å². The fourth-order valence-electron chi connectivity index (χ4n) is 1.53. The van der Waals surface area contributed by atoms with Crippen LogP contribution in [0.1, 0.15) is 27.7 Å². The lowest BCUT2D eigenvalue weighted by atomic mass is 10.3. The van der Waals surface area contributed by atoms with Crippen LogP contribution in [0, 0.1) is 0 Å². The summed E-state index contributed by atoms with van der Waals surface area (Å²) in [5.41, 5.74) is 0. The van der Waals surface area contributed by atoms with Crippen LogP contribution in [0.5, 0.6) is 0 Å². The minimum atomic E-state index is -1.07. The number of carbonyl (C=O) groups excluding carboxylic acids is 2. The number of carboxylic acid groups (broad SMARTS) is 1. The van der Waals surface area contributed by atoms with Crippen LogP contribution in [0.25, 0.3) is 0 Å². The lowest BCUT2D eigenvalue weighted by Crippen LogP contribution is -2.49. The van der Waals surface area contributed by atoms with Crippen LogP contribution in [0.15, 0.2) is 0 Å². The molecule has 19 heavy (non-hydrogen) atoms. The van der Waals surface area contributed by atoms with Gasteiger partial charge in [0, 0.05) is 19.1 Å². The summed E-state index contributed by atoms with van der Waals surface area (Å²) >= 11 is 0. The normalized spacial score (nSPS) is 10.2. The monoisotopic (exact) mass is 273 g/mol. The van der Waals surface area contributed by atoms with Crippen molar-refractivity contribution in [3.63, 3.8) is 0 Å². The number of carbonyl (C=O) groups is 3. The molecule has 110 valence electrons. The summed E-state index contributed by atoms with van der Waals surface area (Å²) in [6.45, 7) is 7.31. The second kappa shape index (κ2) is 8.34. The number of likely N-dealkylation sites (N-methyl/N-ethyl adjacent to an activating group) is 2. The number of nitrogens with zero attached hydrogens (tertiary/aromatic N) is 2. The second-order valence-corrected chi connectivity index (χ2v) is 4.43. The smallest absolute Gasteiger partial charge is 0.323 e. The predicted molar refractivity (Wildman–Crippen MR) is 70.8 cm³/mol. The SMILES string of the molecule is CCN(CC(=O)O)C(=O)N(CC)CC(=O)NC(C)C. The molecule has 0 unspecified atom stereocenters. The number of nitrogens with one attached hydrogen (secondary N) is 1. The summed E-state index contributed by atoms with van der Waals surface area (Å²) in [5, 5.41) is 11.4. The van der Waals surface area contributed by atoms with E-state index in [0.717, 1.165) is 0 Å². The topological polar surface area (TPSA) is 90.0 Å². The number of aliphatic carboxylic acids is 1. The van der Waals surface area contributed by atoms with Crippen LogP contribution in [0.3, 0.4) is 0 Å². The van der Waals surface area contributed by atoms with Crippen molar-refractivity contribution in [2.75, 3.05) is 26.2 Å². The molecule has 0 fully saturated rings. The second-order valence-electron chi connectivity index (χ2n) is 4.43. The third kappa shape index (κ3) is 6.64. The molecule has 0 rings (SSSR count). The van der Waals surface area contributed by atoms with Gasteiger partial charge in [0.2, 0.25) is 5.91 Å². The zero-order valence-corrected chi connectivity index (χ0v) is 12.0. The summed E-state index contributed by atoms with van der Waals surface area (Å²) < 4.78 is 0. The van der Waals surface area contributed by atoms with Gasteiger partial charge < -0.3 is 20.2 Å². The van der Waals surface area contributed by atoms with Gasteiger partial charge in [0.1, 0.15) is 13.1 Å². The Morgan fingerprint density at radius 3 is 1.89 bits per heavy atom. The number of hydrogen-bond acceptors (Lipinski definition) is 3. The molecule has 0 aromatic carbocycles. The molecular weight excluding hydrogens is 250 g/mol. The van der Waals surface area contributed by atoms with Gasteiger partial charge >= 0.3 is 12.0 Å². The molecule has 0 atom stereocenters. The lowest BCUT2D eigenvalue weighted by molar-refractivity contribution is -0.137. The predicted octanol–water partition coefficient (Wildman–Crippen LogP) is 0.359. The van der Waals surface area contributed by atoms with Crippen molar-refractivity contribution in [3.05, 3.63) is 0 Å². The largest absolute Gasteiger partial charge is 0.480 e. The van der Waals surface area contributed by atoms with Gasteiger partial charge in [0.15, 0.2) is 0 Å². The standard InChI is InChI=1S/C12H23N3O4/c1-5-14(7-10(16)13-9(3)4)12(19)15(6-2)8-11(17)18/h9H,5-8H2,1-4H3,(H,13,16)(H,17,18). The van der Waals surface area contributed by atoms with E-state index in [0.29, 0.717) is 6.54 Å². The van der Waals surface area contributed by atoms with Gasteiger partial charge in [-0.2, -0.15) is 0 Å². The van der Waals surface area contributed by atoms with Crippen LogP contribution < -0.4 is 5.32 Å². The number of amides is 3. The van der Waals surface area contributed by atoms with Gasteiger partial charge in [0.05, 0.1) is 0 Å². The third-order valence-corrected chi connectivity index (χ3v) is 2.41. The first-order valence-corrected chi connectivity index (χ1v) is 6.36. The molecule has 0 aromatic rings. The van der Waals surface area contributed by atoms with Crippen molar-refractivity contribution < 1.29 is 19.5 Å². The van der Waals surface area contributed by atoms with Crippen LogP contribution >= 0.6 is 0 Å². The summed E-state index contributed by atoms with van der Waals surface area (Å²) in [6.07, 6.45) is 0. The average Bonchev–Trinajstić information content (AvgIpc) is 2.30. The molecule has 3 amide bonds. The molecule has 0 radical (unpaired) electrons. The zero-order valence-electron chi connectivity index (χ0n) is 12.0. The molecule has 0 heterocycles. The quantitative estimate of drug-likeness (QED) is 0.700. The van der Waals surface area contributed by atoms with Crippen molar-refractivity contribution in [3.8, 4) is 0 Å². The van der Waals surface area contributed by atoms with E-state index in [-0.39, 0.29) is 31.6 Å². The highest BCUT2D eigenvalue weighted by Gasteiger charge is 2.22. The maximum Gasteiger partial charge on any atom is 0.323 e. The molecule has 0 aromatic heterocycles. The van der Waals surface area contributed by atoms with Crippen molar-refractivity contribution in [2.45, 2.75) is 33.7 Å². The van der Waals surface area contributed by atoms with E-state index < -0.39 is 12.0 Å². The summed E-state index contributed by atoms with van der Waals surface area (Å²) in [7, 11) is 0. The highest BCUT2D eigenvalue weighted by atomic mass is 16.4. The highest BCUT2D eigenvalue weighted by molar-refractivity contribution is 5.85. The molecule has 0 spiro atoms. The molecule has 0 aliphatic carbocycles. The van der Waals surface area contributed by atoms with E-state index in [2.05, 4.69) is 5.32 Å². The van der Waals surface area contributed by atoms with Gasteiger partial charge in [-0.3, -0.25) is 9.59 Å². The maximum atomic E-state index is 12.1. The molecule has 7 nitrogen and oxygen atoms in total. The first-order valence-electron chi connectivity index (χ1n) is 6.36. The molecule has 0 saturated heterocycles. The number of rotatable bonds is 7. The maximum absolute atomic E-state index is 12.1. The van der Waals surface area contributed by atoms with E-state index >= 15 is 0 Å². The minimum Gasteiger partial charge on any atom is -0.480 e. The summed E-state index contributed by atoms with van der Waals surface area (Å²) in [6, 6.07) is -0.436. The first kappa shape index (κ1) is 17.2. The molecular formula is C12H23N3O4. The van der Waals surface area contributed by atoms with E-state index in [1.165, 1.54) is 9.80 Å². The van der Waals surface area contributed by atoms with Gasteiger partial charge in [-0.1, -0.05) is 0 Å². The fraction of sp³-hybridized carbons (Fsp3) is 0.750. The molecule has 0 aliphatic heterocycles. The van der Waals surface area contributed by atoms with Crippen LogP contribution in [0.2, 0.25) is 0 Å². The van der Waals surface area contributed by atoms with E-state index in [9.17, 15) is 14.4 Å². The van der Waals surface area contributed by atoms with Crippen molar-refractivity contribution in [1.82, 2.24) is 15.1 Å². The highest BCUT2D eigenvalue weighted by Crippen LogP contribution is 1.99. The van der Waals surface area contributed by atoms with Gasteiger partial charge in [0.25, 0.3) is 0 Å².